The molecular weight excluding hydrogens is 204 g/mol. The highest BCUT2D eigenvalue weighted by molar-refractivity contribution is 6.77. The average Bonchev–Trinajstić information content (AvgIpc) is 2.02. The van der Waals surface area contributed by atoms with Crippen LogP contribution in [0.4, 0.5) is 0 Å². The minimum atomic E-state index is -1.75. The van der Waals surface area contributed by atoms with Gasteiger partial charge in [0, 0.05) is 0 Å². The Bertz CT molecular complexity index is 155. The maximum Gasteiger partial charge on any atom is 0.200 e. The van der Waals surface area contributed by atoms with Gasteiger partial charge in [0.05, 0.1) is 12.7 Å². The Morgan fingerprint density at radius 3 is 1.40 bits per heavy atom. The van der Waals surface area contributed by atoms with Crippen molar-refractivity contribution in [3.05, 3.63) is 0 Å². The summed E-state index contributed by atoms with van der Waals surface area (Å²) in [4.78, 5) is 0. The molecule has 1 unspecified atom stereocenters. The SMILES string of the molecule is CC(O)CO[Si](C(C)C)(C(C)C)C(C)C. The van der Waals surface area contributed by atoms with E-state index in [-0.39, 0.29) is 6.10 Å². The Kier molecular flexibility index (Phi) is 6.07. The first-order valence-corrected chi connectivity index (χ1v) is 8.21. The molecule has 0 aliphatic carbocycles. The third-order valence-corrected chi connectivity index (χ3v) is 9.36. The number of aliphatic hydroxyl groups excluding tert-OH is 1. The second-order valence-corrected chi connectivity index (χ2v) is 10.9. The van der Waals surface area contributed by atoms with Gasteiger partial charge in [-0.3, -0.25) is 0 Å². The summed E-state index contributed by atoms with van der Waals surface area (Å²) < 4.78 is 6.16. The Morgan fingerprint density at radius 1 is 0.867 bits per heavy atom. The zero-order valence-electron chi connectivity index (χ0n) is 11.4. The molecule has 1 N–H and O–H groups in total. The van der Waals surface area contributed by atoms with Gasteiger partial charge < -0.3 is 9.53 Å². The van der Waals surface area contributed by atoms with Gasteiger partial charge in [-0.1, -0.05) is 41.5 Å². The fourth-order valence-electron chi connectivity index (χ4n) is 2.76. The van der Waals surface area contributed by atoms with Crippen LogP contribution in [0.1, 0.15) is 48.5 Å². The molecule has 0 aromatic carbocycles. The molecule has 0 radical (unpaired) electrons. The van der Waals surface area contributed by atoms with Crippen molar-refractivity contribution in [3.63, 3.8) is 0 Å². The summed E-state index contributed by atoms with van der Waals surface area (Å²) in [5, 5.41) is 9.36. The van der Waals surface area contributed by atoms with Gasteiger partial charge in [0.15, 0.2) is 8.32 Å². The maximum absolute atomic E-state index is 9.36. The lowest BCUT2D eigenvalue weighted by Crippen LogP contribution is -2.48. The van der Waals surface area contributed by atoms with Crippen LogP contribution in [-0.2, 0) is 4.43 Å². The van der Waals surface area contributed by atoms with Crippen LogP contribution in [0, 0.1) is 0 Å². The van der Waals surface area contributed by atoms with Crippen molar-refractivity contribution in [1.82, 2.24) is 0 Å². The molecule has 92 valence electrons. The summed E-state index contributed by atoms with van der Waals surface area (Å²) in [5.74, 6) is 0. The highest BCUT2D eigenvalue weighted by Gasteiger charge is 2.45. The van der Waals surface area contributed by atoms with Gasteiger partial charge in [0.25, 0.3) is 0 Å². The van der Waals surface area contributed by atoms with Crippen LogP contribution < -0.4 is 0 Å². The van der Waals surface area contributed by atoms with E-state index >= 15 is 0 Å². The van der Waals surface area contributed by atoms with E-state index in [1.165, 1.54) is 0 Å². The van der Waals surface area contributed by atoms with Crippen LogP contribution >= 0.6 is 0 Å². The first kappa shape index (κ1) is 15.1. The second-order valence-electron chi connectivity index (χ2n) is 5.48. The summed E-state index contributed by atoms with van der Waals surface area (Å²) >= 11 is 0. The van der Waals surface area contributed by atoms with E-state index < -0.39 is 8.32 Å². The lowest BCUT2D eigenvalue weighted by atomic mass is 10.5. The van der Waals surface area contributed by atoms with Gasteiger partial charge in [0.1, 0.15) is 0 Å². The molecule has 0 rings (SSSR count). The molecule has 0 saturated carbocycles. The quantitative estimate of drug-likeness (QED) is 0.710. The van der Waals surface area contributed by atoms with Crippen molar-refractivity contribution in [2.45, 2.75) is 71.2 Å². The minimum Gasteiger partial charge on any atom is -0.413 e. The highest BCUT2D eigenvalue weighted by Crippen LogP contribution is 2.42. The molecule has 0 saturated heterocycles. The van der Waals surface area contributed by atoms with E-state index in [0.717, 1.165) is 0 Å². The third-order valence-electron chi connectivity index (χ3n) is 3.28. The van der Waals surface area contributed by atoms with Gasteiger partial charge in [-0.25, -0.2) is 0 Å². The van der Waals surface area contributed by atoms with Gasteiger partial charge in [0.2, 0.25) is 0 Å². The molecule has 0 aromatic heterocycles. The lowest BCUT2D eigenvalue weighted by molar-refractivity contribution is 0.112. The molecule has 0 aliphatic rings. The van der Waals surface area contributed by atoms with E-state index in [1.807, 2.05) is 0 Å². The smallest absolute Gasteiger partial charge is 0.200 e. The van der Waals surface area contributed by atoms with E-state index in [2.05, 4.69) is 41.5 Å². The van der Waals surface area contributed by atoms with E-state index in [9.17, 15) is 5.11 Å². The highest BCUT2D eigenvalue weighted by atomic mass is 28.4. The zero-order valence-corrected chi connectivity index (χ0v) is 12.4. The molecule has 0 aromatic rings. The number of rotatable bonds is 6. The molecule has 3 heteroatoms. The van der Waals surface area contributed by atoms with Crippen LogP contribution in [0.5, 0.6) is 0 Å². The molecule has 1 atom stereocenters. The summed E-state index contributed by atoms with van der Waals surface area (Å²) in [5.41, 5.74) is 1.78. The monoisotopic (exact) mass is 232 g/mol. The second kappa shape index (κ2) is 6.02. The van der Waals surface area contributed by atoms with Crippen LogP contribution in [0.15, 0.2) is 0 Å². The topological polar surface area (TPSA) is 29.5 Å². The average molecular weight is 232 g/mol. The van der Waals surface area contributed by atoms with Crippen molar-refractivity contribution in [2.24, 2.45) is 0 Å². The fraction of sp³-hybridized carbons (Fsp3) is 1.00. The molecule has 0 bridgehead atoms. The fourth-order valence-corrected chi connectivity index (χ4v) is 8.29. The zero-order chi connectivity index (χ0) is 12.2. The third kappa shape index (κ3) is 3.57. The minimum absolute atomic E-state index is 0.354. The lowest BCUT2D eigenvalue weighted by Gasteiger charge is -2.42. The largest absolute Gasteiger partial charge is 0.413 e. The summed E-state index contributed by atoms with van der Waals surface area (Å²) in [6.07, 6.45) is -0.354. The van der Waals surface area contributed by atoms with Crippen molar-refractivity contribution < 1.29 is 9.53 Å². The molecule has 0 amide bonds. The van der Waals surface area contributed by atoms with Crippen LogP contribution in [0.25, 0.3) is 0 Å². The van der Waals surface area contributed by atoms with Crippen LogP contribution in [-0.4, -0.2) is 26.1 Å². The van der Waals surface area contributed by atoms with Crippen molar-refractivity contribution in [3.8, 4) is 0 Å². The normalized spacial score (nSPS) is 15.4. The first-order valence-electron chi connectivity index (χ1n) is 6.07. The molecule has 15 heavy (non-hydrogen) atoms. The maximum atomic E-state index is 9.36. The molecular formula is C12H28O2Si. The molecule has 2 nitrogen and oxygen atoms in total. The Morgan fingerprint density at radius 2 is 1.20 bits per heavy atom. The number of hydrogen-bond donors (Lipinski definition) is 1. The summed E-state index contributed by atoms with van der Waals surface area (Å²) in [6, 6.07) is 0. The van der Waals surface area contributed by atoms with Crippen molar-refractivity contribution in [2.75, 3.05) is 6.61 Å². The molecule has 0 aliphatic heterocycles. The van der Waals surface area contributed by atoms with Crippen molar-refractivity contribution >= 4 is 8.32 Å². The first-order chi connectivity index (χ1) is 6.75. The molecule has 0 spiro atoms. The Hall–Kier alpha value is 0.137. The molecule has 0 heterocycles. The summed E-state index contributed by atoms with van der Waals surface area (Å²) in [6.45, 7) is 15.8. The van der Waals surface area contributed by atoms with E-state index in [4.69, 9.17) is 4.43 Å². The van der Waals surface area contributed by atoms with Gasteiger partial charge in [-0.2, -0.15) is 0 Å². The Labute approximate surface area is 96.2 Å². The van der Waals surface area contributed by atoms with Crippen LogP contribution in [0.2, 0.25) is 16.6 Å². The van der Waals surface area contributed by atoms with E-state index in [1.54, 1.807) is 6.92 Å². The van der Waals surface area contributed by atoms with Crippen molar-refractivity contribution in [1.29, 1.82) is 0 Å². The molecule has 0 fully saturated rings. The summed E-state index contributed by atoms with van der Waals surface area (Å²) in [7, 11) is -1.75. The predicted octanol–water partition coefficient (Wildman–Crippen LogP) is 3.56. The number of hydrogen-bond acceptors (Lipinski definition) is 2. The standard InChI is InChI=1S/C12H28O2Si/c1-9(2)15(10(3)4,11(5)6)14-8-12(7)13/h9-13H,8H2,1-7H3. The van der Waals surface area contributed by atoms with E-state index in [0.29, 0.717) is 23.2 Å². The van der Waals surface area contributed by atoms with Gasteiger partial charge in [-0.15, -0.1) is 0 Å². The van der Waals surface area contributed by atoms with Crippen LogP contribution in [0.3, 0.4) is 0 Å². The Balaban J connectivity index is 4.80. The number of aliphatic hydroxyl groups is 1. The van der Waals surface area contributed by atoms with Gasteiger partial charge >= 0.3 is 0 Å². The predicted molar refractivity (Wildman–Crippen MR) is 68.7 cm³/mol. The van der Waals surface area contributed by atoms with Gasteiger partial charge in [-0.05, 0) is 23.5 Å².